The third-order valence-electron chi connectivity index (χ3n) is 3.34. The highest BCUT2D eigenvalue weighted by Gasteiger charge is 2.31. The van der Waals surface area contributed by atoms with E-state index in [1.165, 1.54) is 11.6 Å². The lowest BCUT2D eigenvalue weighted by atomic mass is 9.95. The smallest absolute Gasteiger partial charge is 0.313 e. The second-order valence-corrected chi connectivity index (χ2v) is 5.53. The molecule has 1 N–H and O–H groups in total. The lowest BCUT2D eigenvalue weighted by Gasteiger charge is -2.19. The molecular weight excluding hydrogens is 283 g/mol. The van der Waals surface area contributed by atoms with Crippen LogP contribution >= 0.6 is 11.3 Å². The van der Waals surface area contributed by atoms with Crippen molar-refractivity contribution in [1.82, 2.24) is 5.32 Å². The van der Waals surface area contributed by atoms with Gasteiger partial charge in [-0.2, -0.15) is 24.5 Å². The minimum atomic E-state index is -4.29. The van der Waals surface area contributed by atoms with E-state index in [1.807, 2.05) is 18.5 Å². The Balaban J connectivity index is 2.26. The Labute approximate surface area is 120 Å². The van der Waals surface area contributed by atoms with E-state index < -0.39 is 11.7 Å². The van der Waals surface area contributed by atoms with Crippen molar-refractivity contribution >= 4 is 11.3 Å². The van der Waals surface area contributed by atoms with Crippen LogP contribution in [0.2, 0.25) is 0 Å². The number of hydrogen-bond donors (Lipinski definition) is 1. The lowest BCUT2D eigenvalue weighted by Crippen LogP contribution is -2.20. The molecule has 0 spiro atoms. The SMILES string of the molecule is CNC(Cc1ccsc1)c1ccc(C(F)(F)F)cc1C. The maximum absolute atomic E-state index is 12.7. The van der Waals surface area contributed by atoms with E-state index in [2.05, 4.69) is 10.7 Å². The Bertz CT molecular complexity index is 561. The number of hydrogen-bond acceptors (Lipinski definition) is 2. The largest absolute Gasteiger partial charge is 0.416 e. The molecule has 0 aliphatic heterocycles. The number of alkyl halides is 3. The van der Waals surface area contributed by atoms with E-state index in [4.69, 9.17) is 0 Å². The van der Waals surface area contributed by atoms with Gasteiger partial charge in [0.25, 0.3) is 0 Å². The molecule has 1 heterocycles. The number of likely N-dealkylation sites (N-methyl/N-ethyl adjacent to an activating group) is 1. The van der Waals surface area contributed by atoms with Crippen LogP contribution in [0.5, 0.6) is 0 Å². The molecule has 1 atom stereocenters. The zero-order valence-electron chi connectivity index (χ0n) is 11.3. The molecular formula is C15H16F3NS. The first-order valence-corrected chi connectivity index (χ1v) is 7.22. The van der Waals surface area contributed by atoms with Crippen molar-refractivity contribution in [3.63, 3.8) is 0 Å². The second-order valence-electron chi connectivity index (χ2n) is 4.75. The molecule has 0 saturated heterocycles. The van der Waals surface area contributed by atoms with E-state index in [9.17, 15) is 13.2 Å². The first-order chi connectivity index (χ1) is 9.41. The van der Waals surface area contributed by atoms with E-state index in [1.54, 1.807) is 24.3 Å². The summed E-state index contributed by atoms with van der Waals surface area (Å²) in [6.45, 7) is 1.72. The first kappa shape index (κ1) is 15.1. The number of aryl methyl sites for hydroxylation is 1. The number of halogens is 3. The zero-order chi connectivity index (χ0) is 14.8. The highest BCUT2D eigenvalue weighted by atomic mass is 32.1. The molecule has 1 nitrogen and oxygen atoms in total. The summed E-state index contributed by atoms with van der Waals surface area (Å²) in [7, 11) is 1.83. The molecule has 0 aliphatic carbocycles. The van der Waals surface area contributed by atoms with Crippen molar-refractivity contribution in [2.24, 2.45) is 0 Å². The van der Waals surface area contributed by atoms with Gasteiger partial charge in [-0.25, -0.2) is 0 Å². The Morgan fingerprint density at radius 1 is 1.25 bits per heavy atom. The molecule has 2 rings (SSSR count). The zero-order valence-corrected chi connectivity index (χ0v) is 12.1. The van der Waals surface area contributed by atoms with Crippen LogP contribution in [-0.2, 0) is 12.6 Å². The van der Waals surface area contributed by atoms with Crippen molar-refractivity contribution in [2.45, 2.75) is 25.6 Å². The Morgan fingerprint density at radius 2 is 2.00 bits per heavy atom. The van der Waals surface area contributed by atoms with Gasteiger partial charge in [-0.3, -0.25) is 0 Å². The molecule has 0 saturated carbocycles. The molecule has 0 radical (unpaired) electrons. The molecule has 1 aromatic carbocycles. The van der Waals surface area contributed by atoms with Crippen LogP contribution in [0, 0.1) is 6.92 Å². The van der Waals surface area contributed by atoms with Crippen molar-refractivity contribution in [3.05, 3.63) is 57.3 Å². The molecule has 0 aliphatic rings. The van der Waals surface area contributed by atoms with Gasteiger partial charge < -0.3 is 5.32 Å². The molecule has 2 aromatic rings. The summed E-state index contributed by atoms with van der Waals surface area (Å²) >= 11 is 1.62. The van der Waals surface area contributed by atoms with Crippen LogP contribution in [0.25, 0.3) is 0 Å². The predicted molar refractivity (Wildman–Crippen MR) is 76.0 cm³/mol. The fraction of sp³-hybridized carbons (Fsp3) is 0.333. The van der Waals surface area contributed by atoms with Gasteiger partial charge in [0.05, 0.1) is 5.56 Å². The summed E-state index contributed by atoms with van der Waals surface area (Å²) in [6, 6.07) is 6.00. The molecule has 0 amide bonds. The highest BCUT2D eigenvalue weighted by Crippen LogP contribution is 2.32. The maximum Gasteiger partial charge on any atom is 0.416 e. The third-order valence-corrected chi connectivity index (χ3v) is 4.07. The summed E-state index contributed by atoms with van der Waals surface area (Å²) in [4.78, 5) is 0. The van der Waals surface area contributed by atoms with Crippen LogP contribution < -0.4 is 5.32 Å². The van der Waals surface area contributed by atoms with Gasteiger partial charge in [-0.05, 0) is 66.0 Å². The van der Waals surface area contributed by atoms with Crippen LogP contribution in [-0.4, -0.2) is 7.05 Å². The summed E-state index contributed by atoms with van der Waals surface area (Å²) in [5.41, 5.74) is 2.17. The summed E-state index contributed by atoms with van der Waals surface area (Å²) in [5.74, 6) is 0. The molecule has 20 heavy (non-hydrogen) atoms. The molecule has 0 fully saturated rings. The maximum atomic E-state index is 12.7. The van der Waals surface area contributed by atoms with Crippen LogP contribution in [0.4, 0.5) is 13.2 Å². The Morgan fingerprint density at radius 3 is 2.50 bits per heavy atom. The average molecular weight is 299 g/mol. The van der Waals surface area contributed by atoms with Crippen molar-refractivity contribution < 1.29 is 13.2 Å². The average Bonchev–Trinajstić information content (AvgIpc) is 2.88. The topological polar surface area (TPSA) is 12.0 Å². The molecule has 108 valence electrons. The monoisotopic (exact) mass is 299 g/mol. The minimum absolute atomic E-state index is 0.0203. The van der Waals surface area contributed by atoms with Gasteiger partial charge in [-0.15, -0.1) is 0 Å². The van der Waals surface area contributed by atoms with Crippen molar-refractivity contribution in [2.75, 3.05) is 7.05 Å². The number of nitrogens with one attached hydrogen (secondary N) is 1. The van der Waals surface area contributed by atoms with Gasteiger partial charge in [0.1, 0.15) is 0 Å². The standard InChI is InChI=1S/C15H16F3NS/c1-10-7-12(15(16,17)18)3-4-13(10)14(19-2)8-11-5-6-20-9-11/h3-7,9,14,19H,8H2,1-2H3. The van der Waals surface area contributed by atoms with Gasteiger partial charge in [0, 0.05) is 6.04 Å². The quantitative estimate of drug-likeness (QED) is 0.871. The van der Waals surface area contributed by atoms with Gasteiger partial charge in [-0.1, -0.05) is 6.07 Å². The third kappa shape index (κ3) is 3.41. The summed E-state index contributed by atoms with van der Waals surface area (Å²) in [6.07, 6.45) is -3.52. The Kier molecular flexibility index (Phi) is 4.50. The van der Waals surface area contributed by atoms with E-state index in [-0.39, 0.29) is 6.04 Å². The van der Waals surface area contributed by atoms with Gasteiger partial charge in [0.15, 0.2) is 0 Å². The molecule has 5 heteroatoms. The van der Waals surface area contributed by atoms with Crippen molar-refractivity contribution in [1.29, 1.82) is 0 Å². The fourth-order valence-corrected chi connectivity index (χ4v) is 2.94. The molecule has 1 aromatic heterocycles. The van der Waals surface area contributed by atoms with Crippen LogP contribution in [0.3, 0.4) is 0 Å². The number of thiophene rings is 1. The minimum Gasteiger partial charge on any atom is -0.313 e. The number of rotatable bonds is 4. The molecule has 1 unspecified atom stereocenters. The lowest BCUT2D eigenvalue weighted by molar-refractivity contribution is -0.137. The summed E-state index contributed by atoms with van der Waals surface area (Å²) in [5, 5.41) is 7.24. The number of benzene rings is 1. The molecule has 0 bridgehead atoms. The van der Waals surface area contributed by atoms with Crippen molar-refractivity contribution in [3.8, 4) is 0 Å². The van der Waals surface area contributed by atoms with Gasteiger partial charge in [0.2, 0.25) is 0 Å². The second kappa shape index (κ2) is 5.97. The highest BCUT2D eigenvalue weighted by molar-refractivity contribution is 7.07. The first-order valence-electron chi connectivity index (χ1n) is 6.28. The summed E-state index contributed by atoms with van der Waals surface area (Å²) < 4.78 is 38.0. The predicted octanol–water partition coefficient (Wildman–Crippen LogP) is 4.58. The normalized spacial score (nSPS) is 13.4. The van der Waals surface area contributed by atoms with Gasteiger partial charge >= 0.3 is 6.18 Å². The van der Waals surface area contributed by atoms with E-state index in [0.29, 0.717) is 5.56 Å². The van der Waals surface area contributed by atoms with Crippen LogP contribution in [0.15, 0.2) is 35.0 Å². The fourth-order valence-electron chi connectivity index (χ4n) is 2.26. The van der Waals surface area contributed by atoms with E-state index in [0.717, 1.165) is 18.1 Å². The van der Waals surface area contributed by atoms with Crippen LogP contribution in [0.1, 0.15) is 28.3 Å². The Hall–Kier alpha value is -1.33. The van der Waals surface area contributed by atoms with E-state index >= 15 is 0 Å².